The third-order valence-corrected chi connectivity index (χ3v) is 3.79. The molecule has 1 amide bonds. The van der Waals surface area contributed by atoms with E-state index in [-0.39, 0.29) is 24.7 Å². The molecule has 2 rings (SSSR count). The summed E-state index contributed by atoms with van der Waals surface area (Å²) in [6.07, 6.45) is -4.67. The number of nitrogens with zero attached hydrogens (tertiary/aromatic N) is 1. The Morgan fingerprint density at radius 2 is 1.86 bits per heavy atom. The second-order valence-electron chi connectivity index (χ2n) is 5.98. The van der Waals surface area contributed by atoms with Crippen molar-refractivity contribution >= 4 is 11.9 Å². The Bertz CT molecular complexity index is 885. The van der Waals surface area contributed by atoms with E-state index in [2.05, 4.69) is 15.6 Å². The Morgan fingerprint density at radius 3 is 2.52 bits per heavy atom. The number of ether oxygens (including phenoxy) is 1. The molecule has 0 unspecified atom stereocenters. The number of nitrogens with two attached hydrogens (primary N) is 1. The van der Waals surface area contributed by atoms with Crippen molar-refractivity contribution in [1.29, 1.82) is 0 Å². The summed E-state index contributed by atoms with van der Waals surface area (Å²) in [5.74, 6) is -0.850. The van der Waals surface area contributed by atoms with Crippen LogP contribution in [0, 0.1) is 5.82 Å². The van der Waals surface area contributed by atoms with Crippen molar-refractivity contribution in [3.05, 3.63) is 65.0 Å². The Hall–Kier alpha value is -3.30. The molecule has 29 heavy (non-hydrogen) atoms. The molecule has 0 saturated carbocycles. The number of amides is 1. The molecule has 2 aromatic rings. The number of primary amides is 1. The summed E-state index contributed by atoms with van der Waals surface area (Å²) in [6.45, 7) is -0.154. The van der Waals surface area contributed by atoms with Gasteiger partial charge in [-0.15, -0.1) is 0 Å². The molecule has 0 fully saturated rings. The summed E-state index contributed by atoms with van der Waals surface area (Å²) in [7, 11) is 1.47. The lowest BCUT2D eigenvalue weighted by Gasteiger charge is -2.16. The van der Waals surface area contributed by atoms with Crippen LogP contribution in [0.4, 0.5) is 17.6 Å². The summed E-state index contributed by atoms with van der Waals surface area (Å²) in [4.78, 5) is 14.7. The van der Waals surface area contributed by atoms with Crippen LogP contribution in [0.25, 0.3) is 0 Å². The number of benzene rings is 2. The number of guanidine groups is 1. The molecule has 6 nitrogen and oxygen atoms in total. The Kier molecular flexibility index (Phi) is 7.40. The molecule has 0 bridgehead atoms. The molecule has 4 N–H and O–H groups in total. The van der Waals surface area contributed by atoms with Gasteiger partial charge in [0.2, 0.25) is 0 Å². The number of hydrogen-bond acceptors (Lipinski definition) is 3. The van der Waals surface area contributed by atoms with Gasteiger partial charge in [0.15, 0.2) is 12.6 Å². The first-order chi connectivity index (χ1) is 13.7. The minimum absolute atomic E-state index is 0.108. The third-order valence-electron chi connectivity index (χ3n) is 3.79. The SMILES string of the molecule is CN=C(NCc1cccc(OCC(N)=O)c1)NCc1ccc(F)cc1C(F)(F)F. The number of nitrogens with one attached hydrogen (secondary N) is 2. The lowest BCUT2D eigenvalue weighted by molar-refractivity contribution is -0.138. The highest BCUT2D eigenvalue weighted by atomic mass is 19.4. The molecule has 0 radical (unpaired) electrons. The fraction of sp³-hybridized carbons (Fsp3) is 0.263. The summed E-state index contributed by atoms with van der Waals surface area (Å²) < 4.78 is 57.6. The Balaban J connectivity index is 1.97. The van der Waals surface area contributed by atoms with E-state index in [0.29, 0.717) is 18.4 Å². The smallest absolute Gasteiger partial charge is 0.416 e. The van der Waals surface area contributed by atoms with Crippen molar-refractivity contribution in [2.75, 3.05) is 13.7 Å². The van der Waals surface area contributed by atoms with Gasteiger partial charge in [-0.25, -0.2) is 4.39 Å². The van der Waals surface area contributed by atoms with Crippen LogP contribution in [-0.2, 0) is 24.1 Å². The van der Waals surface area contributed by atoms with Crippen LogP contribution in [-0.4, -0.2) is 25.5 Å². The maximum absolute atomic E-state index is 13.2. The fourth-order valence-corrected chi connectivity index (χ4v) is 2.45. The van der Waals surface area contributed by atoms with Gasteiger partial charge >= 0.3 is 6.18 Å². The van der Waals surface area contributed by atoms with E-state index in [4.69, 9.17) is 10.5 Å². The van der Waals surface area contributed by atoms with Gasteiger partial charge in [-0.3, -0.25) is 9.79 Å². The van der Waals surface area contributed by atoms with Crippen LogP contribution >= 0.6 is 0 Å². The highest BCUT2D eigenvalue weighted by Crippen LogP contribution is 2.32. The first kappa shape index (κ1) is 22.0. The quantitative estimate of drug-likeness (QED) is 0.371. The van der Waals surface area contributed by atoms with Crippen LogP contribution in [0.1, 0.15) is 16.7 Å². The maximum Gasteiger partial charge on any atom is 0.416 e. The van der Waals surface area contributed by atoms with Crippen LogP contribution in [0.2, 0.25) is 0 Å². The second-order valence-corrected chi connectivity index (χ2v) is 5.98. The summed E-state index contributed by atoms with van der Waals surface area (Å²) in [6, 6.07) is 9.37. The molecule has 0 spiro atoms. The number of rotatable bonds is 7. The molecule has 0 aromatic heterocycles. The monoisotopic (exact) mass is 412 g/mol. The Morgan fingerprint density at radius 1 is 1.14 bits per heavy atom. The molecule has 0 aliphatic rings. The van der Waals surface area contributed by atoms with E-state index in [1.807, 2.05) is 0 Å². The van der Waals surface area contributed by atoms with Gasteiger partial charge in [0.05, 0.1) is 5.56 Å². The van der Waals surface area contributed by atoms with Crippen LogP contribution < -0.4 is 21.1 Å². The topological polar surface area (TPSA) is 88.7 Å². The van der Waals surface area contributed by atoms with Gasteiger partial charge in [-0.1, -0.05) is 18.2 Å². The number of carbonyl (C=O) groups excluding carboxylic acids is 1. The molecule has 0 atom stereocenters. The zero-order valence-corrected chi connectivity index (χ0v) is 15.5. The van der Waals surface area contributed by atoms with Crippen molar-refractivity contribution in [2.45, 2.75) is 19.3 Å². The highest BCUT2D eigenvalue weighted by molar-refractivity contribution is 5.79. The van der Waals surface area contributed by atoms with E-state index >= 15 is 0 Å². The van der Waals surface area contributed by atoms with Gasteiger partial charge in [-0.2, -0.15) is 13.2 Å². The van der Waals surface area contributed by atoms with Crippen LogP contribution in [0.3, 0.4) is 0 Å². The maximum atomic E-state index is 13.2. The van der Waals surface area contributed by atoms with Gasteiger partial charge in [0.25, 0.3) is 5.91 Å². The minimum atomic E-state index is -4.67. The number of halogens is 4. The average molecular weight is 412 g/mol. The minimum Gasteiger partial charge on any atom is -0.484 e. The molecule has 0 aliphatic carbocycles. The predicted molar refractivity (Wildman–Crippen MR) is 99.6 cm³/mol. The van der Waals surface area contributed by atoms with Gasteiger partial charge in [-0.05, 0) is 35.4 Å². The molecule has 156 valence electrons. The zero-order chi connectivity index (χ0) is 21.4. The summed E-state index contributed by atoms with van der Waals surface area (Å²) in [5, 5.41) is 5.72. The largest absolute Gasteiger partial charge is 0.484 e. The fourth-order valence-electron chi connectivity index (χ4n) is 2.45. The molecular formula is C19H20F4N4O2. The number of aliphatic imine (C=N–C) groups is 1. The third kappa shape index (κ3) is 6.98. The molecule has 0 saturated heterocycles. The van der Waals surface area contributed by atoms with Crippen molar-refractivity contribution < 1.29 is 27.1 Å². The summed E-state index contributed by atoms with van der Waals surface area (Å²) in [5.41, 5.74) is 4.67. The lowest BCUT2D eigenvalue weighted by atomic mass is 10.1. The molecule has 0 heterocycles. The van der Waals surface area contributed by atoms with Gasteiger partial charge in [0.1, 0.15) is 11.6 Å². The number of hydrogen-bond donors (Lipinski definition) is 3. The van der Waals surface area contributed by atoms with E-state index < -0.39 is 23.5 Å². The normalized spacial score (nSPS) is 11.8. The molecule has 2 aromatic carbocycles. The van der Waals surface area contributed by atoms with E-state index in [1.165, 1.54) is 7.05 Å². The van der Waals surface area contributed by atoms with Crippen molar-refractivity contribution in [2.24, 2.45) is 10.7 Å². The van der Waals surface area contributed by atoms with E-state index in [9.17, 15) is 22.4 Å². The average Bonchev–Trinajstić information content (AvgIpc) is 2.67. The summed E-state index contributed by atoms with van der Waals surface area (Å²) >= 11 is 0. The van der Waals surface area contributed by atoms with E-state index in [1.54, 1.807) is 24.3 Å². The van der Waals surface area contributed by atoms with Crippen LogP contribution in [0.5, 0.6) is 5.75 Å². The van der Waals surface area contributed by atoms with Crippen molar-refractivity contribution in [1.82, 2.24) is 10.6 Å². The predicted octanol–water partition coefficient (Wildman–Crippen LogP) is 2.57. The standard InChI is InChI=1S/C19H20F4N4O2/c1-25-18(26-9-12-3-2-4-15(7-12)29-11-17(24)28)27-10-13-5-6-14(20)8-16(13)19(21,22)23/h2-8H,9-11H2,1H3,(H2,24,28)(H2,25,26,27). The van der Waals surface area contributed by atoms with Crippen molar-refractivity contribution in [3.63, 3.8) is 0 Å². The zero-order valence-electron chi connectivity index (χ0n) is 15.5. The second kappa shape index (κ2) is 9.76. The first-order valence-electron chi connectivity index (χ1n) is 8.49. The number of carbonyl (C=O) groups is 1. The van der Waals surface area contributed by atoms with Gasteiger partial charge in [0, 0.05) is 20.1 Å². The first-order valence-corrected chi connectivity index (χ1v) is 8.49. The number of alkyl halides is 3. The van der Waals surface area contributed by atoms with Crippen LogP contribution in [0.15, 0.2) is 47.5 Å². The molecule has 0 aliphatic heterocycles. The van der Waals surface area contributed by atoms with E-state index in [0.717, 1.165) is 17.7 Å². The molecular weight excluding hydrogens is 392 g/mol. The lowest BCUT2D eigenvalue weighted by Crippen LogP contribution is -2.36. The van der Waals surface area contributed by atoms with Gasteiger partial charge < -0.3 is 21.1 Å². The molecule has 10 heteroatoms. The van der Waals surface area contributed by atoms with Crippen molar-refractivity contribution in [3.8, 4) is 5.75 Å². The highest BCUT2D eigenvalue weighted by Gasteiger charge is 2.33. The Labute approximate surface area is 164 Å².